The first-order valence-corrected chi connectivity index (χ1v) is 5.29. The first kappa shape index (κ1) is 10.8. The van der Waals surface area contributed by atoms with Gasteiger partial charge in [0.1, 0.15) is 18.1 Å². The third-order valence-electron chi connectivity index (χ3n) is 2.03. The van der Waals surface area contributed by atoms with Crippen LogP contribution < -0.4 is 0 Å². The number of hydrogen-bond donors (Lipinski definition) is 0. The molecule has 3 nitrogen and oxygen atoms in total. The molecule has 0 aliphatic carbocycles. The Morgan fingerprint density at radius 1 is 1.44 bits per heavy atom. The highest BCUT2D eigenvalue weighted by Crippen LogP contribution is 2.21. The van der Waals surface area contributed by atoms with E-state index >= 15 is 0 Å². The molecule has 4 heteroatoms. The van der Waals surface area contributed by atoms with E-state index in [1.807, 2.05) is 24.3 Å². The second-order valence-corrected chi connectivity index (χ2v) is 3.86. The Hall–Kier alpha value is -1.68. The van der Waals surface area contributed by atoms with Crippen LogP contribution in [0.3, 0.4) is 0 Å². The van der Waals surface area contributed by atoms with Crippen LogP contribution in [0.25, 0.3) is 11.3 Å². The standard InChI is InChI=1S/C12H11NO2S/c1-9(16)14-8-11-4-5-12(15-11)10-3-2-6-13-7-10/h2-7H,8H2,1H3. The summed E-state index contributed by atoms with van der Waals surface area (Å²) in [6.07, 6.45) is 3.49. The van der Waals surface area contributed by atoms with Crippen LogP contribution in [0, 0.1) is 0 Å². The van der Waals surface area contributed by atoms with E-state index in [1.54, 1.807) is 19.3 Å². The summed E-state index contributed by atoms with van der Waals surface area (Å²) in [4.78, 5) is 4.03. The van der Waals surface area contributed by atoms with Gasteiger partial charge in [-0.3, -0.25) is 4.98 Å². The summed E-state index contributed by atoms with van der Waals surface area (Å²) in [6, 6.07) is 7.59. The molecule has 0 N–H and O–H groups in total. The van der Waals surface area contributed by atoms with Crippen LogP contribution in [0.2, 0.25) is 0 Å². The fraction of sp³-hybridized carbons (Fsp3) is 0.167. The molecule has 2 aromatic heterocycles. The number of ether oxygens (including phenoxy) is 1. The first-order valence-electron chi connectivity index (χ1n) is 4.88. The Bertz CT molecular complexity index is 479. The second kappa shape index (κ2) is 4.90. The van der Waals surface area contributed by atoms with E-state index in [0.29, 0.717) is 11.7 Å². The number of rotatable bonds is 3. The summed E-state index contributed by atoms with van der Waals surface area (Å²) >= 11 is 4.82. The van der Waals surface area contributed by atoms with E-state index in [1.165, 1.54) is 0 Å². The van der Waals surface area contributed by atoms with Gasteiger partial charge in [0.15, 0.2) is 5.05 Å². The smallest absolute Gasteiger partial charge is 0.157 e. The summed E-state index contributed by atoms with van der Waals surface area (Å²) in [7, 11) is 0. The lowest BCUT2D eigenvalue weighted by Crippen LogP contribution is -1.94. The molecule has 2 heterocycles. The lowest BCUT2D eigenvalue weighted by Gasteiger charge is -2.00. The zero-order valence-corrected chi connectivity index (χ0v) is 9.66. The largest absolute Gasteiger partial charge is 0.479 e. The van der Waals surface area contributed by atoms with Crippen molar-refractivity contribution in [1.82, 2.24) is 4.98 Å². The fourth-order valence-electron chi connectivity index (χ4n) is 1.29. The molecule has 0 unspecified atom stereocenters. The third kappa shape index (κ3) is 2.67. The van der Waals surface area contributed by atoms with Gasteiger partial charge in [0, 0.05) is 24.9 Å². The van der Waals surface area contributed by atoms with Gasteiger partial charge >= 0.3 is 0 Å². The number of aromatic nitrogens is 1. The Balaban J connectivity index is 2.11. The van der Waals surface area contributed by atoms with Crippen LogP contribution in [-0.4, -0.2) is 10.0 Å². The predicted octanol–water partition coefficient (Wildman–Crippen LogP) is 3.21. The van der Waals surface area contributed by atoms with E-state index < -0.39 is 0 Å². The van der Waals surface area contributed by atoms with Gasteiger partial charge in [-0.25, -0.2) is 0 Å². The molecule has 82 valence electrons. The Labute approximate surface area is 99.1 Å². The van der Waals surface area contributed by atoms with Crippen molar-refractivity contribution < 1.29 is 9.15 Å². The molecule has 2 rings (SSSR count). The predicted molar refractivity (Wildman–Crippen MR) is 65.0 cm³/mol. The van der Waals surface area contributed by atoms with Crippen LogP contribution in [0.1, 0.15) is 12.7 Å². The maximum Gasteiger partial charge on any atom is 0.157 e. The number of furan rings is 1. The van der Waals surface area contributed by atoms with E-state index in [-0.39, 0.29) is 0 Å². The van der Waals surface area contributed by atoms with E-state index in [0.717, 1.165) is 17.1 Å². The van der Waals surface area contributed by atoms with Crippen molar-refractivity contribution in [2.24, 2.45) is 0 Å². The molecule has 0 fully saturated rings. The monoisotopic (exact) mass is 233 g/mol. The Kier molecular flexibility index (Phi) is 3.31. The molecular weight excluding hydrogens is 222 g/mol. The highest BCUT2D eigenvalue weighted by molar-refractivity contribution is 7.80. The van der Waals surface area contributed by atoms with Gasteiger partial charge in [0.05, 0.1) is 0 Å². The SMILES string of the molecule is CC(=S)OCc1ccc(-c2cccnc2)o1. The molecule has 0 bridgehead atoms. The minimum atomic E-state index is 0.371. The van der Waals surface area contributed by atoms with Crippen LogP contribution >= 0.6 is 12.2 Å². The summed E-state index contributed by atoms with van der Waals surface area (Å²) in [5.41, 5.74) is 0.952. The van der Waals surface area contributed by atoms with Crippen molar-refractivity contribution in [1.29, 1.82) is 0 Å². The summed E-state index contributed by atoms with van der Waals surface area (Å²) in [6.45, 7) is 2.11. The van der Waals surface area contributed by atoms with Gasteiger partial charge < -0.3 is 9.15 Å². The zero-order valence-electron chi connectivity index (χ0n) is 8.84. The highest BCUT2D eigenvalue weighted by Gasteiger charge is 2.04. The van der Waals surface area contributed by atoms with Gasteiger partial charge in [-0.05, 0) is 36.5 Å². The molecule has 2 aromatic rings. The second-order valence-electron chi connectivity index (χ2n) is 3.29. The van der Waals surface area contributed by atoms with Gasteiger partial charge in [-0.15, -0.1) is 0 Å². The minimum Gasteiger partial charge on any atom is -0.479 e. The number of hydrogen-bond acceptors (Lipinski definition) is 4. The van der Waals surface area contributed by atoms with Gasteiger partial charge in [0.25, 0.3) is 0 Å². The van der Waals surface area contributed by atoms with Gasteiger partial charge in [-0.2, -0.15) is 0 Å². The van der Waals surface area contributed by atoms with Crippen molar-refractivity contribution in [3.8, 4) is 11.3 Å². The molecule has 0 aliphatic rings. The minimum absolute atomic E-state index is 0.371. The molecule has 0 radical (unpaired) electrons. The molecule has 0 saturated heterocycles. The quantitative estimate of drug-likeness (QED) is 0.762. The molecule has 16 heavy (non-hydrogen) atoms. The average Bonchev–Trinajstić information content (AvgIpc) is 2.76. The summed E-state index contributed by atoms with van der Waals surface area (Å²) in [5.74, 6) is 1.54. The van der Waals surface area contributed by atoms with Gasteiger partial charge in [-0.1, -0.05) is 0 Å². The molecule has 0 spiro atoms. The maximum atomic E-state index is 5.60. The van der Waals surface area contributed by atoms with Crippen LogP contribution in [0.5, 0.6) is 0 Å². The lowest BCUT2D eigenvalue weighted by atomic mass is 10.2. The van der Waals surface area contributed by atoms with Gasteiger partial charge in [0.2, 0.25) is 0 Å². The van der Waals surface area contributed by atoms with Crippen molar-refractivity contribution >= 4 is 17.3 Å². The molecule has 0 saturated carbocycles. The summed E-state index contributed by atoms with van der Waals surface area (Å²) < 4.78 is 10.8. The zero-order chi connectivity index (χ0) is 11.4. The molecule has 0 atom stereocenters. The fourth-order valence-corrected chi connectivity index (χ4v) is 1.35. The van der Waals surface area contributed by atoms with Crippen molar-refractivity contribution in [2.45, 2.75) is 13.5 Å². The molecular formula is C12H11NO2S. The normalized spacial score (nSPS) is 10.1. The number of pyridine rings is 1. The number of nitrogens with zero attached hydrogens (tertiary/aromatic N) is 1. The summed E-state index contributed by atoms with van der Waals surface area (Å²) in [5, 5.41) is 0.513. The Morgan fingerprint density at radius 2 is 2.31 bits per heavy atom. The first-order chi connectivity index (χ1) is 7.75. The van der Waals surface area contributed by atoms with E-state index in [2.05, 4.69) is 4.98 Å². The molecule has 0 aliphatic heterocycles. The lowest BCUT2D eigenvalue weighted by molar-refractivity contribution is 0.264. The average molecular weight is 233 g/mol. The van der Waals surface area contributed by atoms with Crippen LogP contribution in [0.4, 0.5) is 0 Å². The Morgan fingerprint density at radius 3 is 3.00 bits per heavy atom. The van der Waals surface area contributed by atoms with E-state index in [4.69, 9.17) is 21.4 Å². The van der Waals surface area contributed by atoms with Crippen molar-refractivity contribution in [3.63, 3.8) is 0 Å². The number of thiocarbonyl (C=S) groups is 1. The van der Waals surface area contributed by atoms with E-state index in [9.17, 15) is 0 Å². The highest BCUT2D eigenvalue weighted by atomic mass is 32.1. The molecule has 0 aromatic carbocycles. The maximum absolute atomic E-state index is 5.60. The molecule has 0 amide bonds. The van der Waals surface area contributed by atoms with Crippen LogP contribution in [0.15, 0.2) is 41.1 Å². The van der Waals surface area contributed by atoms with Crippen molar-refractivity contribution in [3.05, 3.63) is 42.4 Å². The third-order valence-corrected chi connectivity index (χ3v) is 2.14. The topological polar surface area (TPSA) is 35.3 Å². The van der Waals surface area contributed by atoms with Crippen LogP contribution in [-0.2, 0) is 11.3 Å². The van der Waals surface area contributed by atoms with Crippen molar-refractivity contribution in [2.75, 3.05) is 0 Å².